The molecule has 102 valence electrons. The standard InChI is InChI=1S/C15H21N3O/c1-4-19-14-8-6-5-7-12(14)13-9-15(18-17-13)16-10-11(2)3/h5-9,11H,4,10H2,1-3H3,(H2,16,17,18). The van der Waals surface area contributed by atoms with Crippen molar-refractivity contribution in [3.8, 4) is 17.0 Å². The van der Waals surface area contributed by atoms with Crippen molar-refractivity contribution in [1.29, 1.82) is 0 Å². The Labute approximate surface area is 114 Å². The number of aromatic nitrogens is 2. The monoisotopic (exact) mass is 259 g/mol. The van der Waals surface area contributed by atoms with Crippen LogP contribution < -0.4 is 10.1 Å². The number of anilines is 1. The Morgan fingerprint density at radius 1 is 1.32 bits per heavy atom. The molecule has 0 fully saturated rings. The first-order valence-electron chi connectivity index (χ1n) is 6.72. The molecular formula is C15H21N3O. The van der Waals surface area contributed by atoms with Crippen molar-refractivity contribution in [2.45, 2.75) is 20.8 Å². The van der Waals surface area contributed by atoms with Crippen LogP contribution >= 0.6 is 0 Å². The van der Waals surface area contributed by atoms with Crippen LogP contribution in [0.4, 0.5) is 5.82 Å². The maximum Gasteiger partial charge on any atom is 0.148 e. The molecule has 0 radical (unpaired) electrons. The lowest BCUT2D eigenvalue weighted by molar-refractivity contribution is 0.341. The van der Waals surface area contributed by atoms with Crippen molar-refractivity contribution >= 4 is 5.82 Å². The van der Waals surface area contributed by atoms with E-state index in [4.69, 9.17) is 4.74 Å². The smallest absolute Gasteiger partial charge is 0.148 e. The summed E-state index contributed by atoms with van der Waals surface area (Å²) in [5.74, 6) is 2.34. The zero-order chi connectivity index (χ0) is 13.7. The highest BCUT2D eigenvalue weighted by atomic mass is 16.5. The molecular weight excluding hydrogens is 238 g/mol. The number of aromatic amines is 1. The minimum absolute atomic E-state index is 0.593. The Morgan fingerprint density at radius 2 is 2.11 bits per heavy atom. The number of H-pyrrole nitrogens is 1. The molecule has 2 rings (SSSR count). The lowest BCUT2D eigenvalue weighted by Gasteiger charge is -2.07. The van der Waals surface area contributed by atoms with E-state index >= 15 is 0 Å². The van der Waals surface area contributed by atoms with Gasteiger partial charge in [-0.1, -0.05) is 26.0 Å². The number of benzene rings is 1. The van der Waals surface area contributed by atoms with Crippen LogP contribution in [-0.4, -0.2) is 23.3 Å². The number of nitrogens with one attached hydrogen (secondary N) is 2. The molecule has 0 aliphatic carbocycles. The average Bonchev–Trinajstić information content (AvgIpc) is 2.86. The van der Waals surface area contributed by atoms with Crippen molar-refractivity contribution in [3.05, 3.63) is 30.3 Å². The van der Waals surface area contributed by atoms with Gasteiger partial charge in [-0.05, 0) is 25.0 Å². The number of hydrogen-bond donors (Lipinski definition) is 2. The van der Waals surface area contributed by atoms with Crippen LogP contribution in [0.25, 0.3) is 11.3 Å². The minimum atomic E-state index is 0.593. The van der Waals surface area contributed by atoms with Gasteiger partial charge >= 0.3 is 0 Å². The van der Waals surface area contributed by atoms with Gasteiger partial charge in [0.15, 0.2) is 0 Å². The summed E-state index contributed by atoms with van der Waals surface area (Å²) in [6.07, 6.45) is 0. The van der Waals surface area contributed by atoms with Gasteiger partial charge in [-0.2, -0.15) is 5.10 Å². The topological polar surface area (TPSA) is 49.9 Å². The molecule has 2 aromatic rings. The van der Waals surface area contributed by atoms with Crippen LogP contribution in [0.3, 0.4) is 0 Å². The Morgan fingerprint density at radius 3 is 2.84 bits per heavy atom. The van der Waals surface area contributed by atoms with E-state index in [-0.39, 0.29) is 0 Å². The van der Waals surface area contributed by atoms with E-state index < -0.39 is 0 Å². The second kappa shape index (κ2) is 6.27. The molecule has 2 N–H and O–H groups in total. The number of rotatable bonds is 6. The van der Waals surface area contributed by atoms with Crippen LogP contribution in [0.15, 0.2) is 30.3 Å². The van der Waals surface area contributed by atoms with Crippen LogP contribution in [-0.2, 0) is 0 Å². The first kappa shape index (κ1) is 13.5. The first-order chi connectivity index (χ1) is 9.20. The maximum absolute atomic E-state index is 5.63. The lowest BCUT2D eigenvalue weighted by atomic mass is 10.1. The van der Waals surface area contributed by atoms with E-state index in [9.17, 15) is 0 Å². The quantitative estimate of drug-likeness (QED) is 0.834. The van der Waals surface area contributed by atoms with Gasteiger partial charge in [0.1, 0.15) is 11.6 Å². The molecule has 0 aliphatic rings. The molecule has 4 nitrogen and oxygen atoms in total. The van der Waals surface area contributed by atoms with Crippen molar-refractivity contribution in [3.63, 3.8) is 0 Å². The van der Waals surface area contributed by atoms with E-state index in [1.54, 1.807) is 0 Å². The third-order valence-electron chi connectivity index (χ3n) is 2.75. The Hall–Kier alpha value is -1.97. The minimum Gasteiger partial charge on any atom is -0.493 e. The zero-order valence-corrected chi connectivity index (χ0v) is 11.7. The highest BCUT2D eigenvalue weighted by Gasteiger charge is 2.08. The Bertz CT molecular complexity index is 520. The fourth-order valence-electron chi connectivity index (χ4n) is 1.83. The Kier molecular flexibility index (Phi) is 4.44. The molecule has 4 heteroatoms. The van der Waals surface area contributed by atoms with Crippen LogP contribution in [0.2, 0.25) is 0 Å². The molecule has 0 unspecified atom stereocenters. The summed E-state index contributed by atoms with van der Waals surface area (Å²) in [4.78, 5) is 0. The normalized spacial score (nSPS) is 10.7. The SMILES string of the molecule is CCOc1ccccc1-c1cc(NCC(C)C)n[nH]1. The molecule has 0 saturated heterocycles. The molecule has 0 saturated carbocycles. The van der Waals surface area contributed by atoms with E-state index in [0.717, 1.165) is 29.4 Å². The van der Waals surface area contributed by atoms with Crippen LogP contribution in [0.1, 0.15) is 20.8 Å². The highest BCUT2D eigenvalue weighted by molar-refractivity contribution is 5.69. The lowest BCUT2D eigenvalue weighted by Crippen LogP contribution is -2.07. The van der Waals surface area contributed by atoms with E-state index in [0.29, 0.717) is 12.5 Å². The summed E-state index contributed by atoms with van der Waals surface area (Å²) in [6.45, 7) is 7.90. The summed E-state index contributed by atoms with van der Waals surface area (Å²) in [5, 5.41) is 10.6. The molecule has 0 aliphatic heterocycles. The maximum atomic E-state index is 5.63. The molecule has 0 spiro atoms. The molecule has 1 aromatic heterocycles. The predicted octanol–water partition coefficient (Wildman–Crippen LogP) is 3.54. The fourth-order valence-corrected chi connectivity index (χ4v) is 1.83. The third kappa shape index (κ3) is 3.50. The van der Waals surface area contributed by atoms with Gasteiger partial charge in [0.2, 0.25) is 0 Å². The highest BCUT2D eigenvalue weighted by Crippen LogP contribution is 2.29. The molecule has 0 bridgehead atoms. The van der Waals surface area contributed by atoms with Gasteiger partial charge in [0.25, 0.3) is 0 Å². The average molecular weight is 259 g/mol. The third-order valence-corrected chi connectivity index (χ3v) is 2.75. The summed E-state index contributed by atoms with van der Waals surface area (Å²) in [6, 6.07) is 9.99. The van der Waals surface area contributed by atoms with Gasteiger partial charge in [-0.25, -0.2) is 0 Å². The van der Waals surface area contributed by atoms with E-state index in [1.807, 2.05) is 37.3 Å². The van der Waals surface area contributed by atoms with Crippen LogP contribution in [0, 0.1) is 5.92 Å². The predicted molar refractivity (Wildman–Crippen MR) is 78.5 cm³/mol. The van der Waals surface area contributed by atoms with E-state index in [2.05, 4.69) is 29.4 Å². The number of hydrogen-bond acceptors (Lipinski definition) is 3. The zero-order valence-electron chi connectivity index (χ0n) is 11.7. The van der Waals surface area contributed by atoms with Gasteiger partial charge in [-0.3, -0.25) is 5.10 Å². The second-order valence-corrected chi connectivity index (χ2v) is 4.87. The van der Waals surface area contributed by atoms with Crippen molar-refractivity contribution in [2.24, 2.45) is 5.92 Å². The molecule has 0 amide bonds. The second-order valence-electron chi connectivity index (χ2n) is 4.87. The summed E-state index contributed by atoms with van der Waals surface area (Å²) < 4.78 is 5.63. The number of nitrogens with zero attached hydrogens (tertiary/aromatic N) is 1. The van der Waals surface area contributed by atoms with Crippen molar-refractivity contribution in [2.75, 3.05) is 18.5 Å². The first-order valence-corrected chi connectivity index (χ1v) is 6.72. The molecule has 19 heavy (non-hydrogen) atoms. The van der Waals surface area contributed by atoms with Gasteiger partial charge in [0, 0.05) is 18.2 Å². The largest absolute Gasteiger partial charge is 0.493 e. The van der Waals surface area contributed by atoms with Gasteiger partial charge in [-0.15, -0.1) is 0 Å². The van der Waals surface area contributed by atoms with E-state index in [1.165, 1.54) is 0 Å². The Balaban J connectivity index is 2.18. The van der Waals surface area contributed by atoms with Crippen LogP contribution in [0.5, 0.6) is 5.75 Å². The molecule has 1 aromatic carbocycles. The number of ether oxygens (including phenoxy) is 1. The van der Waals surface area contributed by atoms with Crippen molar-refractivity contribution < 1.29 is 4.74 Å². The summed E-state index contributed by atoms with van der Waals surface area (Å²) in [5.41, 5.74) is 2.00. The summed E-state index contributed by atoms with van der Waals surface area (Å²) >= 11 is 0. The van der Waals surface area contributed by atoms with Gasteiger partial charge in [0.05, 0.1) is 12.3 Å². The van der Waals surface area contributed by atoms with Crippen molar-refractivity contribution in [1.82, 2.24) is 10.2 Å². The summed E-state index contributed by atoms with van der Waals surface area (Å²) in [7, 11) is 0. The fraction of sp³-hybridized carbons (Fsp3) is 0.400. The molecule has 1 heterocycles. The molecule has 0 atom stereocenters. The van der Waals surface area contributed by atoms with Gasteiger partial charge < -0.3 is 10.1 Å². The number of para-hydroxylation sites is 1.